The quantitative estimate of drug-likeness (QED) is 0.661. The lowest BCUT2D eigenvalue weighted by atomic mass is 9.67. The number of likely N-dealkylation sites (tertiary alicyclic amines) is 1. The van der Waals surface area contributed by atoms with E-state index < -0.39 is 6.17 Å². The van der Waals surface area contributed by atoms with Crippen LogP contribution in [0.15, 0.2) is 30.6 Å². The monoisotopic (exact) mass is 467 g/mol. The Morgan fingerprint density at radius 2 is 2.03 bits per heavy atom. The molecule has 1 aliphatic carbocycles. The molecule has 2 N–H and O–H groups in total. The van der Waals surface area contributed by atoms with Crippen LogP contribution in [0.5, 0.6) is 5.75 Å². The summed E-state index contributed by atoms with van der Waals surface area (Å²) >= 11 is 0. The average molecular weight is 468 g/mol. The normalized spacial score (nSPS) is 29.4. The maximum Gasteiger partial charge on any atom is 0.151 e. The molecular weight excluding hydrogens is 433 g/mol. The van der Waals surface area contributed by atoms with Crippen LogP contribution < -0.4 is 15.4 Å². The molecule has 4 aliphatic rings. The highest BCUT2D eigenvalue weighted by atomic mass is 19.1. The van der Waals surface area contributed by atoms with Gasteiger partial charge in [-0.15, -0.1) is 0 Å². The lowest BCUT2D eigenvalue weighted by Gasteiger charge is -2.44. The number of rotatable bonds is 7. The summed E-state index contributed by atoms with van der Waals surface area (Å²) in [6.07, 6.45) is 6.88. The minimum Gasteiger partial charge on any atom is -0.491 e. The van der Waals surface area contributed by atoms with Crippen LogP contribution in [0.25, 0.3) is 0 Å². The minimum absolute atomic E-state index is 0.178. The number of nitrogens with two attached hydrogens (primary N) is 1. The van der Waals surface area contributed by atoms with E-state index in [4.69, 9.17) is 15.2 Å². The van der Waals surface area contributed by atoms with Gasteiger partial charge in [-0.2, -0.15) is 0 Å². The zero-order chi connectivity index (χ0) is 23.1. The third-order valence-corrected chi connectivity index (χ3v) is 7.99. The lowest BCUT2D eigenvalue weighted by Crippen LogP contribution is -2.51. The molecular formula is C26H34FN5O2. The van der Waals surface area contributed by atoms with Crippen LogP contribution in [0.3, 0.4) is 0 Å². The second kappa shape index (κ2) is 9.30. The van der Waals surface area contributed by atoms with E-state index in [1.165, 1.54) is 19.3 Å². The number of hydrogen-bond acceptors (Lipinski definition) is 7. The van der Waals surface area contributed by atoms with E-state index in [-0.39, 0.29) is 6.10 Å². The zero-order valence-corrected chi connectivity index (χ0v) is 19.6. The van der Waals surface area contributed by atoms with Crippen LogP contribution in [0, 0.1) is 11.8 Å². The fourth-order valence-corrected chi connectivity index (χ4v) is 6.09. The van der Waals surface area contributed by atoms with Crippen molar-refractivity contribution in [2.24, 2.45) is 11.8 Å². The minimum atomic E-state index is -0.624. The van der Waals surface area contributed by atoms with E-state index in [0.717, 1.165) is 55.4 Å². The Labute approximate surface area is 200 Å². The second-order valence-corrected chi connectivity index (χ2v) is 10.4. The van der Waals surface area contributed by atoms with Crippen LogP contribution in [-0.2, 0) is 4.74 Å². The molecule has 1 saturated carbocycles. The maximum atomic E-state index is 13.2. The predicted octanol–water partition coefficient (Wildman–Crippen LogP) is 3.92. The number of aromatic nitrogens is 2. The molecule has 3 aliphatic heterocycles. The molecule has 0 radical (unpaired) electrons. The van der Waals surface area contributed by atoms with Crippen LogP contribution in [0.4, 0.5) is 21.6 Å². The Morgan fingerprint density at radius 1 is 1.15 bits per heavy atom. The number of anilines is 3. The molecule has 6 rings (SSSR count). The fourth-order valence-electron chi connectivity index (χ4n) is 6.09. The number of nitrogen functional groups attached to an aromatic ring is 1. The third-order valence-electron chi connectivity index (χ3n) is 7.99. The molecule has 2 unspecified atom stereocenters. The first-order valence-corrected chi connectivity index (χ1v) is 12.7. The van der Waals surface area contributed by atoms with Crippen molar-refractivity contribution in [2.75, 3.05) is 50.0 Å². The summed E-state index contributed by atoms with van der Waals surface area (Å²) in [6, 6.07) is 8.22. The number of nitrogens with zero attached hydrogens (tertiary/aromatic N) is 4. The Balaban J connectivity index is 1.14. The highest BCUT2D eigenvalue weighted by Crippen LogP contribution is 2.52. The standard InChI is InChI=1S/C26H34FN5O2/c27-19-12-31(13-19)11-17-8-18(9-17)23-14-32(25-24(23)29-16-30-26(25)28)20-4-3-6-21(10-20)34-15-22-5-1-2-7-33-22/h3-4,6,10,16-19,22-23H,1-2,5,7-9,11-15H2,(H2,28,29,30). The molecule has 0 bridgehead atoms. The van der Waals surface area contributed by atoms with Gasteiger partial charge in [-0.3, -0.25) is 4.90 Å². The molecule has 34 heavy (non-hydrogen) atoms. The summed E-state index contributed by atoms with van der Waals surface area (Å²) < 4.78 is 25.1. The first kappa shape index (κ1) is 22.0. The van der Waals surface area contributed by atoms with E-state index in [0.29, 0.717) is 43.3 Å². The molecule has 4 heterocycles. The number of alkyl halides is 1. The molecule has 2 saturated heterocycles. The number of halogens is 1. The van der Waals surface area contributed by atoms with E-state index >= 15 is 0 Å². The second-order valence-electron chi connectivity index (χ2n) is 10.4. The molecule has 2 aromatic rings. The first-order chi connectivity index (χ1) is 16.6. The zero-order valence-electron chi connectivity index (χ0n) is 19.6. The van der Waals surface area contributed by atoms with Crippen molar-refractivity contribution in [1.82, 2.24) is 14.9 Å². The van der Waals surface area contributed by atoms with Crippen molar-refractivity contribution in [1.29, 1.82) is 0 Å². The van der Waals surface area contributed by atoms with Crippen LogP contribution in [-0.4, -0.2) is 66.5 Å². The summed E-state index contributed by atoms with van der Waals surface area (Å²) in [6.45, 7) is 4.50. The van der Waals surface area contributed by atoms with Crippen molar-refractivity contribution in [3.8, 4) is 5.75 Å². The summed E-state index contributed by atoms with van der Waals surface area (Å²) in [4.78, 5) is 13.5. The highest BCUT2D eigenvalue weighted by Gasteiger charge is 2.44. The van der Waals surface area contributed by atoms with Gasteiger partial charge in [0.2, 0.25) is 0 Å². The van der Waals surface area contributed by atoms with Crippen molar-refractivity contribution in [3.05, 3.63) is 36.3 Å². The summed E-state index contributed by atoms with van der Waals surface area (Å²) in [5.74, 6) is 2.94. The molecule has 7 nitrogen and oxygen atoms in total. The first-order valence-electron chi connectivity index (χ1n) is 12.7. The smallest absolute Gasteiger partial charge is 0.151 e. The van der Waals surface area contributed by atoms with Crippen LogP contribution in [0.1, 0.15) is 43.7 Å². The molecule has 3 fully saturated rings. The fraction of sp³-hybridized carbons (Fsp3) is 0.615. The highest BCUT2D eigenvalue weighted by molar-refractivity contribution is 5.78. The molecule has 0 amide bonds. The van der Waals surface area contributed by atoms with Crippen molar-refractivity contribution < 1.29 is 13.9 Å². The van der Waals surface area contributed by atoms with E-state index in [1.54, 1.807) is 6.33 Å². The van der Waals surface area contributed by atoms with Gasteiger partial charge in [-0.1, -0.05) is 6.07 Å². The number of benzene rings is 1. The number of fused-ring (bicyclic) bond motifs is 1. The van der Waals surface area contributed by atoms with Crippen LogP contribution >= 0.6 is 0 Å². The largest absolute Gasteiger partial charge is 0.491 e. The van der Waals surface area contributed by atoms with Crippen LogP contribution in [0.2, 0.25) is 0 Å². The van der Waals surface area contributed by atoms with Gasteiger partial charge in [0.1, 0.15) is 30.5 Å². The van der Waals surface area contributed by atoms with Gasteiger partial charge in [0.25, 0.3) is 0 Å². The third kappa shape index (κ3) is 4.33. The topological polar surface area (TPSA) is 76.7 Å². The van der Waals surface area contributed by atoms with Gasteiger partial charge in [-0.25, -0.2) is 14.4 Å². The van der Waals surface area contributed by atoms with Gasteiger partial charge in [0, 0.05) is 50.5 Å². The van der Waals surface area contributed by atoms with Crippen molar-refractivity contribution in [2.45, 2.75) is 50.3 Å². The Kier molecular flexibility index (Phi) is 6.03. The Morgan fingerprint density at radius 3 is 2.82 bits per heavy atom. The van der Waals surface area contributed by atoms with E-state index in [2.05, 4.69) is 31.9 Å². The summed E-state index contributed by atoms with van der Waals surface area (Å²) in [7, 11) is 0. The molecule has 8 heteroatoms. The molecule has 1 aromatic carbocycles. The number of hydrogen-bond donors (Lipinski definition) is 1. The Hall–Kier alpha value is -2.45. The van der Waals surface area contributed by atoms with Gasteiger partial charge < -0.3 is 20.1 Å². The van der Waals surface area contributed by atoms with Crippen molar-refractivity contribution >= 4 is 17.2 Å². The van der Waals surface area contributed by atoms with Gasteiger partial charge >= 0.3 is 0 Å². The molecule has 2 atom stereocenters. The molecule has 0 spiro atoms. The Bertz CT molecular complexity index is 1000. The lowest BCUT2D eigenvalue weighted by molar-refractivity contribution is -0.0110. The molecule has 1 aromatic heterocycles. The predicted molar refractivity (Wildman–Crippen MR) is 129 cm³/mol. The van der Waals surface area contributed by atoms with Crippen molar-refractivity contribution in [3.63, 3.8) is 0 Å². The average Bonchev–Trinajstić information content (AvgIpc) is 3.20. The van der Waals surface area contributed by atoms with E-state index in [9.17, 15) is 4.39 Å². The van der Waals surface area contributed by atoms with E-state index in [1.807, 2.05) is 12.1 Å². The summed E-state index contributed by atoms with van der Waals surface area (Å²) in [5.41, 5.74) is 9.42. The maximum absolute atomic E-state index is 13.2. The van der Waals surface area contributed by atoms with Gasteiger partial charge in [-0.05, 0) is 56.1 Å². The van der Waals surface area contributed by atoms with Gasteiger partial charge in [0.05, 0.1) is 11.8 Å². The number of ether oxygens (including phenoxy) is 2. The SMILES string of the molecule is Nc1ncnc2c1N(c1cccc(OCC3CCCCO3)c1)CC2C1CC(CN2CC(F)C2)C1. The van der Waals surface area contributed by atoms with Gasteiger partial charge in [0.15, 0.2) is 5.82 Å². The summed E-state index contributed by atoms with van der Waals surface area (Å²) in [5, 5.41) is 0. The molecule has 182 valence electrons.